The van der Waals surface area contributed by atoms with Crippen LogP contribution in [0.2, 0.25) is 10.0 Å². The van der Waals surface area contributed by atoms with Gasteiger partial charge < -0.3 is 14.8 Å². The molecule has 0 aliphatic carbocycles. The molecule has 1 unspecified atom stereocenters. The predicted octanol–water partition coefficient (Wildman–Crippen LogP) is 3.13. The quantitative estimate of drug-likeness (QED) is 0.783. The molecule has 0 saturated heterocycles. The van der Waals surface area contributed by atoms with Crippen molar-refractivity contribution < 1.29 is 9.47 Å². The number of nitrogens with one attached hydrogen (secondary N) is 1. The number of hydrogen-bond acceptors (Lipinski definition) is 3. The largest absolute Gasteiger partial charge is 0.354 e. The highest BCUT2D eigenvalue weighted by Crippen LogP contribution is 2.22. The van der Waals surface area contributed by atoms with E-state index < -0.39 is 0 Å². The Bertz CT molecular complexity index is 370. The molecular weight excluding hydrogens is 273 g/mol. The minimum atomic E-state index is -0.319. The van der Waals surface area contributed by atoms with E-state index in [9.17, 15) is 0 Å². The molecule has 0 aliphatic rings. The van der Waals surface area contributed by atoms with Gasteiger partial charge in [-0.05, 0) is 36.7 Å². The van der Waals surface area contributed by atoms with Crippen LogP contribution in [0.15, 0.2) is 18.2 Å². The second-order valence-electron chi connectivity index (χ2n) is 3.94. The monoisotopic (exact) mass is 291 g/mol. The Balaban J connectivity index is 2.85. The average molecular weight is 292 g/mol. The molecule has 1 aromatic carbocycles. The van der Waals surface area contributed by atoms with Gasteiger partial charge in [-0.1, -0.05) is 30.1 Å². The van der Waals surface area contributed by atoms with Crippen LogP contribution in [0.4, 0.5) is 0 Å². The van der Waals surface area contributed by atoms with Crippen molar-refractivity contribution in [1.82, 2.24) is 5.32 Å². The van der Waals surface area contributed by atoms with Gasteiger partial charge in [0.05, 0.1) is 6.04 Å². The summed E-state index contributed by atoms with van der Waals surface area (Å²) >= 11 is 12.1. The van der Waals surface area contributed by atoms with E-state index in [1.807, 2.05) is 13.0 Å². The maximum Gasteiger partial charge on any atom is 0.172 e. The molecule has 0 aromatic heterocycles. The van der Waals surface area contributed by atoms with E-state index >= 15 is 0 Å². The van der Waals surface area contributed by atoms with Gasteiger partial charge in [-0.15, -0.1) is 0 Å². The molecule has 102 valence electrons. The molecule has 3 nitrogen and oxygen atoms in total. The summed E-state index contributed by atoms with van der Waals surface area (Å²) in [7, 11) is 3.25. The van der Waals surface area contributed by atoms with Crippen molar-refractivity contribution in [3.05, 3.63) is 33.8 Å². The Morgan fingerprint density at radius 2 is 1.89 bits per heavy atom. The topological polar surface area (TPSA) is 30.5 Å². The fourth-order valence-electron chi connectivity index (χ4n) is 1.89. The molecule has 0 heterocycles. The summed E-state index contributed by atoms with van der Waals surface area (Å²) in [6.07, 6.45) is 0.375. The zero-order valence-electron chi connectivity index (χ0n) is 10.9. The second kappa shape index (κ2) is 7.97. The lowest BCUT2D eigenvalue weighted by Gasteiger charge is -2.25. The summed E-state index contributed by atoms with van der Waals surface area (Å²) in [5, 5.41) is 4.71. The predicted molar refractivity (Wildman–Crippen MR) is 75.4 cm³/mol. The van der Waals surface area contributed by atoms with Crippen LogP contribution >= 0.6 is 23.2 Å². The first kappa shape index (κ1) is 15.7. The Hall–Kier alpha value is -0.320. The minimum Gasteiger partial charge on any atom is -0.354 e. The lowest BCUT2D eigenvalue weighted by Crippen LogP contribution is -2.43. The summed E-state index contributed by atoms with van der Waals surface area (Å²) in [6.45, 7) is 2.86. The molecule has 0 bridgehead atoms. The first-order chi connectivity index (χ1) is 8.62. The van der Waals surface area contributed by atoms with Gasteiger partial charge in [-0.2, -0.15) is 0 Å². The average Bonchev–Trinajstić information content (AvgIpc) is 2.35. The molecule has 1 rings (SSSR count). The number of ether oxygens (including phenoxy) is 2. The van der Waals surface area contributed by atoms with Crippen LogP contribution < -0.4 is 5.32 Å². The molecule has 1 aromatic rings. The summed E-state index contributed by atoms with van der Waals surface area (Å²) in [6, 6.07) is 5.48. The van der Waals surface area contributed by atoms with E-state index in [1.54, 1.807) is 26.4 Å². The van der Waals surface area contributed by atoms with Crippen molar-refractivity contribution in [2.45, 2.75) is 25.7 Å². The number of likely N-dealkylation sites (N-methyl/N-ethyl adjacent to an activating group) is 1. The van der Waals surface area contributed by atoms with Gasteiger partial charge in [0, 0.05) is 24.3 Å². The lowest BCUT2D eigenvalue weighted by molar-refractivity contribution is -0.122. The summed E-state index contributed by atoms with van der Waals surface area (Å²) < 4.78 is 10.6. The standard InChI is InChI=1S/C13H19Cl2NO2/c1-4-16-12(13(17-2)18-3)8-9-7-10(14)5-6-11(9)15/h5-7,12-13,16H,4,8H2,1-3H3. The Labute approximate surface area is 118 Å². The second-order valence-corrected chi connectivity index (χ2v) is 4.79. The first-order valence-corrected chi connectivity index (χ1v) is 6.60. The summed E-state index contributed by atoms with van der Waals surface area (Å²) in [5.74, 6) is 0. The lowest BCUT2D eigenvalue weighted by atomic mass is 10.1. The summed E-state index contributed by atoms with van der Waals surface area (Å²) in [5.41, 5.74) is 0.981. The van der Waals surface area contributed by atoms with Crippen LogP contribution in [0.5, 0.6) is 0 Å². The fourth-order valence-corrected chi connectivity index (χ4v) is 2.28. The third kappa shape index (κ3) is 4.41. The number of benzene rings is 1. The van der Waals surface area contributed by atoms with E-state index in [-0.39, 0.29) is 12.3 Å². The SMILES string of the molecule is CCNC(Cc1cc(Cl)ccc1Cl)C(OC)OC. The Morgan fingerprint density at radius 1 is 1.22 bits per heavy atom. The van der Waals surface area contributed by atoms with E-state index in [1.165, 1.54) is 0 Å². The molecule has 0 saturated carbocycles. The van der Waals surface area contributed by atoms with Gasteiger partial charge in [0.2, 0.25) is 0 Å². The zero-order chi connectivity index (χ0) is 13.5. The molecule has 1 N–H and O–H groups in total. The highest BCUT2D eigenvalue weighted by atomic mass is 35.5. The Kier molecular flexibility index (Phi) is 6.97. The zero-order valence-corrected chi connectivity index (χ0v) is 12.4. The van der Waals surface area contributed by atoms with E-state index in [0.29, 0.717) is 16.5 Å². The Morgan fingerprint density at radius 3 is 2.44 bits per heavy atom. The molecule has 0 aliphatic heterocycles. The van der Waals surface area contributed by atoms with E-state index in [4.69, 9.17) is 32.7 Å². The van der Waals surface area contributed by atoms with Crippen LogP contribution in [-0.4, -0.2) is 33.1 Å². The van der Waals surface area contributed by atoms with Crippen LogP contribution in [-0.2, 0) is 15.9 Å². The number of rotatable bonds is 7. The van der Waals surface area contributed by atoms with Crippen molar-refractivity contribution in [1.29, 1.82) is 0 Å². The third-order valence-electron chi connectivity index (χ3n) is 2.71. The molecule has 1 atom stereocenters. The van der Waals surface area contributed by atoms with Crippen molar-refractivity contribution in [2.24, 2.45) is 0 Å². The van der Waals surface area contributed by atoms with Gasteiger partial charge >= 0.3 is 0 Å². The fraction of sp³-hybridized carbons (Fsp3) is 0.538. The molecule has 5 heteroatoms. The first-order valence-electron chi connectivity index (χ1n) is 5.85. The van der Waals surface area contributed by atoms with Gasteiger partial charge in [0.1, 0.15) is 0 Å². The van der Waals surface area contributed by atoms with E-state index in [2.05, 4.69) is 5.32 Å². The normalized spacial score (nSPS) is 13.0. The molecule has 0 fully saturated rings. The van der Waals surface area contributed by atoms with Crippen LogP contribution in [0.1, 0.15) is 12.5 Å². The van der Waals surface area contributed by atoms with Crippen molar-refractivity contribution in [3.63, 3.8) is 0 Å². The van der Waals surface area contributed by atoms with Crippen molar-refractivity contribution in [3.8, 4) is 0 Å². The number of methoxy groups -OCH3 is 2. The van der Waals surface area contributed by atoms with Gasteiger partial charge in [0.15, 0.2) is 6.29 Å². The maximum atomic E-state index is 6.16. The number of hydrogen-bond donors (Lipinski definition) is 1. The molecule has 18 heavy (non-hydrogen) atoms. The van der Waals surface area contributed by atoms with Crippen molar-refractivity contribution in [2.75, 3.05) is 20.8 Å². The highest BCUT2D eigenvalue weighted by molar-refractivity contribution is 6.33. The smallest absolute Gasteiger partial charge is 0.172 e. The highest BCUT2D eigenvalue weighted by Gasteiger charge is 2.21. The van der Waals surface area contributed by atoms with Crippen molar-refractivity contribution >= 4 is 23.2 Å². The molecular formula is C13H19Cl2NO2. The summed E-state index contributed by atoms with van der Waals surface area (Å²) in [4.78, 5) is 0. The maximum absolute atomic E-state index is 6.16. The van der Waals surface area contributed by atoms with Crippen LogP contribution in [0.3, 0.4) is 0 Å². The minimum absolute atomic E-state index is 0.0287. The van der Waals surface area contributed by atoms with Gasteiger partial charge in [-0.3, -0.25) is 0 Å². The van der Waals surface area contributed by atoms with Crippen LogP contribution in [0, 0.1) is 0 Å². The molecule has 0 spiro atoms. The molecule has 0 amide bonds. The third-order valence-corrected chi connectivity index (χ3v) is 3.31. The van der Waals surface area contributed by atoms with Gasteiger partial charge in [-0.25, -0.2) is 0 Å². The van der Waals surface area contributed by atoms with Crippen LogP contribution in [0.25, 0.3) is 0 Å². The van der Waals surface area contributed by atoms with E-state index in [0.717, 1.165) is 12.1 Å². The van der Waals surface area contributed by atoms with Gasteiger partial charge in [0.25, 0.3) is 0 Å². The number of halogens is 2. The molecule has 0 radical (unpaired) electrons.